The molecule has 10 nitrogen and oxygen atoms in total. The third-order valence-electron chi connectivity index (χ3n) is 3.44. The summed E-state index contributed by atoms with van der Waals surface area (Å²) in [6, 6.07) is 14.2. The van der Waals surface area contributed by atoms with Crippen molar-refractivity contribution in [2.75, 3.05) is 10.7 Å². The van der Waals surface area contributed by atoms with Crippen molar-refractivity contribution >= 4 is 29.0 Å². The zero-order valence-corrected chi connectivity index (χ0v) is 14.0. The smallest absolute Gasteiger partial charge is 0.319 e. The summed E-state index contributed by atoms with van der Waals surface area (Å²) in [4.78, 5) is 34.6. The predicted octanol–water partition coefficient (Wildman–Crippen LogP) is 2.21. The lowest BCUT2D eigenvalue weighted by molar-refractivity contribution is -0.383. The molecule has 27 heavy (non-hydrogen) atoms. The second-order valence-electron chi connectivity index (χ2n) is 5.35. The molecule has 136 valence electrons. The Morgan fingerprint density at radius 1 is 1.00 bits per heavy atom. The van der Waals surface area contributed by atoms with Crippen molar-refractivity contribution in [3.05, 3.63) is 76.7 Å². The number of carbonyl (C=O) groups excluding carboxylic acids is 1. The first-order valence-electron chi connectivity index (χ1n) is 7.89. The Bertz CT molecular complexity index is 936. The van der Waals surface area contributed by atoms with Gasteiger partial charge in [0.05, 0.1) is 11.3 Å². The van der Waals surface area contributed by atoms with Crippen molar-refractivity contribution in [1.82, 2.24) is 20.4 Å². The van der Waals surface area contributed by atoms with Crippen LogP contribution in [0.4, 0.5) is 23.1 Å². The monoisotopic (exact) mass is 365 g/mol. The Labute approximate surface area is 153 Å². The minimum absolute atomic E-state index is 0.0477. The second kappa shape index (κ2) is 8.34. The molecule has 2 heterocycles. The highest BCUT2D eigenvalue weighted by Crippen LogP contribution is 2.30. The number of rotatable bonds is 7. The molecule has 3 aromatic rings. The van der Waals surface area contributed by atoms with Crippen LogP contribution in [0.5, 0.6) is 0 Å². The van der Waals surface area contributed by atoms with Crippen LogP contribution in [0.15, 0.2) is 61.1 Å². The minimum atomic E-state index is -0.642. The van der Waals surface area contributed by atoms with Crippen LogP contribution < -0.4 is 16.2 Å². The lowest BCUT2D eigenvalue weighted by Crippen LogP contribution is -2.31. The van der Waals surface area contributed by atoms with Gasteiger partial charge in [-0.2, -0.15) is 0 Å². The van der Waals surface area contributed by atoms with E-state index in [4.69, 9.17) is 0 Å². The number of carbonyl (C=O) groups is 1. The Hall–Kier alpha value is -4.08. The molecular formula is C17H15N7O3. The lowest BCUT2D eigenvalue weighted by atomic mass is 10.1. The Morgan fingerprint density at radius 3 is 2.44 bits per heavy atom. The fourth-order valence-electron chi connectivity index (χ4n) is 2.25. The SMILES string of the molecule is O=C(Cc1ccccc1)NNc1ncnc(Nc2ccccn2)c1[N+](=O)[O-]. The predicted molar refractivity (Wildman–Crippen MR) is 98.1 cm³/mol. The van der Waals surface area contributed by atoms with E-state index in [0.717, 1.165) is 11.9 Å². The van der Waals surface area contributed by atoms with Crippen molar-refractivity contribution in [3.63, 3.8) is 0 Å². The van der Waals surface area contributed by atoms with E-state index in [1.165, 1.54) is 0 Å². The third-order valence-corrected chi connectivity index (χ3v) is 3.44. The standard InChI is InChI=1S/C17H15N7O3/c25-14(10-12-6-2-1-3-7-12)22-23-17-15(24(26)27)16(19-11-20-17)21-13-8-4-5-9-18-13/h1-9,11H,10H2,(H,22,25)(H2,18,19,20,21,23). The van der Waals surface area contributed by atoms with E-state index >= 15 is 0 Å². The van der Waals surface area contributed by atoms with Gasteiger partial charge < -0.3 is 5.32 Å². The Balaban J connectivity index is 1.74. The summed E-state index contributed by atoms with van der Waals surface area (Å²) >= 11 is 0. The highest BCUT2D eigenvalue weighted by molar-refractivity contribution is 5.81. The number of pyridine rings is 1. The summed E-state index contributed by atoms with van der Waals surface area (Å²) in [6.45, 7) is 0. The zero-order valence-electron chi connectivity index (χ0n) is 14.0. The van der Waals surface area contributed by atoms with E-state index in [-0.39, 0.29) is 24.0 Å². The van der Waals surface area contributed by atoms with Gasteiger partial charge in [0.1, 0.15) is 12.1 Å². The van der Waals surface area contributed by atoms with Crippen LogP contribution in [0.2, 0.25) is 0 Å². The maximum absolute atomic E-state index is 12.0. The average molecular weight is 365 g/mol. The van der Waals surface area contributed by atoms with Crippen molar-refractivity contribution in [2.24, 2.45) is 0 Å². The number of aromatic nitrogens is 3. The van der Waals surface area contributed by atoms with Crippen LogP contribution in [0.25, 0.3) is 0 Å². The molecule has 0 atom stereocenters. The molecule has 3 rings (SSSR count). The summed E-state index contributed by atoms with van der Waals surface area (Å²) in [5.74, 6) is -0.171. The zero-order chi connectivity index (χ0) is 19.1. The molecule has 0 fully saturated rings. The Kier molecular flexibility index (Phi) is 5.48. The summed E-state index contributed by atoms with van der Waals surface area (Å²) < 4.78 is 0. The second-order valence-corrected chi connectivity index (χ2v) is 5.35. The minimum Gasteiger partial charge on any atom is -0.319 e. The van der Waals surface area contributed by atoms with Crippen molar-refractivity contribution < 1.29 is 9.72 Å². The first-order chi connectivity index (χ1) is 13.1. The van der Waals surface area contributed by atoms with E-state index in [1.807, 2.05) is 30.3 Å². The topological polar surface area (TPSA) is 135 Å². The molecule has 0 unspecified atom stereocenters. The van der Waals surface area contributed by atoms with E-state index in [0.29, 0.717) is 5.82 Å². The fourth-order valence-corrected chi connectivity index (χ4v) is 2.25. The quantitative estimate of drug-likeness (QED) is 0.428. The van der Waals surface area contributed by atoms with Crippen LogP contribution in [-0.2, 0) is 11.2 Å². The first-order valence-corrected chi connectivity index (χ1v) is 7.89. The lowest BCUT2D eigenvalue weighted by Gasteiger charge is -2.10. The van der Waals surface area contributed by atoms with Gasteiger partial charge >= 0.3 is 5.69 Å². The van der Waals surface area contributed by atoms with Gasteiger partial charge in [-0.15, -0.1) is 0 Å². The molecule has 3 N–H and O–H groups in total. The van der Waals surface area contributed by atoms with E-state index in [1.54, 1.807) is 24.4 Å². The number of hydrogen-bond acceptors (Lipinski definition) is 8. The van der Waals surface area contributed by atoms with Crippen LogP contribution in [0.1, 0.15) is 5.56 Å². The number of nitro groups is 1. The van der Waals surface area contributed by atoms with Crippen LogP contribution in [0.3, 0.4) is 0 Å². The number of hydrogen-bond donors (Lipinski definition) is 3. The maximum Gasteiger partial charge on any atom is 0.355 e. The van der Waals surface area contributed by atoms with Crippen molar-refractivity contribution in [3.8, 4) is 0 Å². The van der Waals surface area contributed by atoms with Gasteiger partial charge in [0.25, 0.3) is 0 Å². The third kappa shape index (κ3) is 4.72. The van der Waals surface area contributed by atoms with Gasteiger partial charge in [0.15, 0.2) is 0 Å². The number of amides is 1. The van der Waals surface area contributed by atoms with Gasteiger partial charge in [-0.3, -0.25) is 25.8 Å². The molecule has 0 radical (unpaired) electrons. The highest BCUT2D eigenvalue weighted by Gasteiger charge is 2.23. The fraction of sp³-hybridized carbons (Fsp3) is 0.0588. The van der Waals surface area contributed by atoms with E-state index < -0.39 is 10.6 Å². The molecular weight excluding hydrogens is 350 g/mol. The molecule has 1 aromatic carbocycles. The highest BCUT2D eigenvalue weighted by atomic mass is 16.6. The molecule has 0 spiro atoms. The molecule has 0 bridgehead atoms. The molecule has 0 aliphatic carbocycles. The molecule has 0 aliphatic heterocycles. The van der Waals surface area contributed by atoms with Crippen LogP contribution >= 0.6 is 0 Å². The Morgan fingerprint density at radius 2 is 1.74 bits per heavy atom. The molecule has 1 amide bonds. The van der Waals surface area contributed by atoms with Gasteiger partial charge in [0.2, 0.25) is 17.5 Å². The van der Waals surface area contributed by atoms with Gasteiger partial charge in [-0.25, -0.2) is 15.0 Å². The first kappa shape index (κ1) is 17.7. The molecule has 2 aromatic heterocycles. The largest absolute Gasteiger partial charge is 0.355 e. The molecule has 0 aliphatic rings. The van der Waals surface area contributed by atoms with Crippen molar-refractivity contribution in [2.45, 2.75) is 6.42 Å². The summed E-state index contributed by atoms with van der Waals surface area (Å²) in [7, 11) is 0. The molecule has 0 saturated heterocycles. The van der Waals surface area contributed by atoms with Gasteiger partial charge in [-0.1, -0.05) is 36.4 Å². The number of anilines is 3. The van der Waals surface area contributed by atoms with Crippen LogP contribution in [0, 0.1) is 10.1 Å². The van der Waals surface area contributed by atoms with Crippen LogP contribution in [-0.4, -0.2) is 25.8 Å². The number of hydrazine groups is 1. The number of nitrogens with one attached hydrogen (secondary N) is 3. The van der Waals surface area contributed by atoms with Gasteiger partial charge in [0, 0.05) is 6.20 Å². The van der Waals surface area contributed by atoms with Gasteiger partial charge in [-0.05, 0) is 17.7 Å². The molecule has 0 saturated carbocycles. The average Bonchev–Trinajstić information content (AvgIpc) is 2.68. The van der Waals surface area contributed by atoms with E-state index in [9.17, 15) is 14.9 Å². The normalized spacial score (nSPS) is 10.1. The van der Waals surface area contributed by atoms with Crippen molar-refractivity contribution in [1.29, 1.82) is 0 Å². The van der Waals surface area contributed by atoms with E-state index in [2.05, 4.69) is 31.1 Å². The number of nitrogens with zero attached hydrogens (tertiary/aromatic N) is 4. The number of benzene rings is 1. The summed E-state index contributed by atoms with van der Waals surface area (Å²) in [5.41, 5.74) is 5.29. The summed E-state index contributed by atoms with van der Waals surface area (Å²) in [5, 5.41) is 14.2. The maximum atomic E-state index is 12.0. The molecule has 10 heteroatoms. The summed E-state index contributed by atoms with van der Waals surface area (Å²) in [6.07, 6.45) is 2.80.